The standard InChI is InChI=1S/C19H21N3O3S/c1-20-19(23)22-11-9-15-12-17(6-7-18(15)22)26(24,25)21-10-8-14-4-2-3-5-16(14)13-21/h2-7,12H,8-11,13H2,1H3,(H,20,23). The normalized spacial score (nSPS) is 16.9. The first-order valence-electron chi connectivity index (χ1n) is 8.70. The maximum absolute atomic E-state index is 13.1. The van der Waals surface area contributed by atoms with Crippen LogP contribution >= 0.6 is 0 Å². The maximum Gasteiger partial charge on any atom is 0.321 e. The van der Waals surface area contributed by atoms with Crippen LogP contribution in [0.15, 0.2) is 47.4 Å². The largest absolute Gasteiger partial charge is 0.341 e. The zero-order valence-electron chi connectivity index (χ0n) is 14.6. The Labute approximate surface area is 153 Å². The summed E-state index contributed by atoms with van der Waals surface area (Å²) >= 11 is 0. The molecule has 0 aliphatic carbocycles. The summed E-state index contributed by atoms with van der Waals surface area (Å²) in [5, 5.41) is 2.61. The highest BCUT2D eigenvalue weighted by Crippen LogP contribution is 2.32. The van der Waals surface area contributed by atoms with Gasteiger partial charge in [0, 0.05) is 32.4 Å². The summed E-state index contributed by atoms with van der Waals surface area (Å²) in [7, 11) is -1.96. The Kier molecular flexibility index (Phi) is 4.20. The number of sulfonamides is 1. The van der Waals surface area contributed by atoms with E-state index in [-0.39, 0.29) is 6.03 Å². The third kappa shape index (κ3) is 2.77. The van der Waals surface area contributed by atoms with E-state index in [2.05, 4.69) is 11.4 Å². The average Bonchev–Trinajstić information content (AvgIpc) is 3.10. The molecule has 0 unspecified atom stereocenters. The zero-order valence-corrected chi connectivity index (χ0v) is 15.4. The predicted molar refractivity (Wildman–Crippen MR) is 99.7 cm³/mol. The van der Waals surface area contributed by atoms with E-state index in [9.17, 15) is 13.2 Å². The second kappa shape index (κ2) is 6.41. The van der Waals surface area contributed by atoms with Gasteiger partial charge in [-0.1, -0.05) is 24.3 Å². The lowest BCUT2D eigenvalue weighted by Gasteiger charge is -2.28. The highest BCUT2D eigenvalue weighted by atomic mass is 32.2. The molecule has 2 aromatic carbocycles. The lowest BCUT2D eigenvalue weighted by Crippen LogP contribution is -2.37. The molecule has 0 aromatic heterocycles. The molecular formula is C19H21N3O3S. The number of amides is 2. The monoisotopic (exact) mass is 371 g/mol. The highest BCUT2D eigenvalue weighted by molar-refractivity contribution is 7.89. The van der Waals surface area contributed by atoms with E-state index in [1.54, 1.807) is 34.5 Å². The molecule has 136 valence electrons. The minimum absolute atomic E-state index is 0.174. The van der Waals surface area contributed by atoms with Crippen molar-refractivity contribution in [1.82, 2.24) is 9.62 Å². The van der Waals surface area contributed by atoms with Gasteiger partial charge in [0.1, 0.15) is 0 Å². The van der Waals surface area contributed by atoms with Crippen LogP contribution in [0.25, 0.3) is 0 Å². The van der Waals surface area contributed by atoms with Crippen molar-refractivity contribution in [2.75, 3.05) is 25.0 Å². The molecule has 2 heterocycles. The molecule has 2 aliphatic rings. The predicted octanol–water partition coefficient (Wildman–Crippen LogP) is 2.14. The molecular weight excluding hydrogens is 350 g/mol. The van der Waals surface area contributed by atoms with E-state index < -0.39 is 10.0 Å². The summed E-state index contributed by atoms with van der Waals surface area (Å²) < 4.78 is 27.7. The second-order valence-electron chi connectivity index (χ2n) is 6.60. The number of rotatable bonds is 2. The van der Waals surface area contributed by atoms with E-state index in [4.69, 9.17) is 0 Å². The van der Waals surface area contributed by atoms with Crippen molar-refractivity contribution in [3.05, 3.63) is 59.2 Å². The molecule has 0 bridgehead atoms. The molecule has 0 spiro atoms. The molecule has 2 amide bonds. The lowest BCUT2D eigenvalue weighted by molar-refractivity contribution is 0.248. The molecule has 0 fully saturated rings. The van der Waals surface area contributed by atoms with Crippen LogP contribution in [-0.2, 0) is 29.4 Å². The van der Waals surface area contributed by atoms with Crippen molar-refractivity contribution in [2.45, 2.75) is 24.3 Å². The smallest absolute Gasteiger partial charge is 0.321 e. The number of carbonyl (C=O) groups excluding carboxylic acids is 1. The fraction of sp³-hybridized carbons (Fsp3) is 0.316. The fourth-order valence-corrected chi connectivity index (χ4v) is 5.18. The Morgan fingerprint density at radius 1 is 1.00 bits per heavy atom. The Morgan fingerprint density at radius 3 is 2.50 bits per heavy atom. The Bertz CT molecular complexity index is 972. The van der Waals surface area contributed by atoms with E-state index in [0.717, 1.165) is 23.2 Å². The van der Waals surface area contributed by atoms with Crippen molar-refractivity contribution in [3.8, 4) is 0 Å². The van der Waals surface area contributed by atoms with Crippen LogP contribution < -0.4 is 10.2 Å². The van der Waals surface area contributed by atoms with E-state index in [1.165, 1.54) is 5.56 Å². The van der Waals surface area contributed by atoms with Gasteiger partial charge in [0.15, 0.2) is 0 Å². The van der Waals surface area contributed by atoms with Gasteiger partial charge in [0.25, 0.3) is 0 Å². The summed E-state index contributed by atoms with van der Waals surface area (Å²) in [5.41, 5.74) is 3.96. The third-order valence-corrected chi connectivity index (χ3v) is 6.98. The molecule has 0 radical (unpaired) electrons. The van der Waals surface area contributed by atoms with Crippen LogP contribution in [0.5, 0.6) is 0 Å². The molecule has 2 aliphatic heterocycles. The fourth-order valence-electron chi connectivity index (χ4n) is 3.71. The lowest BCUT2D eigenvalue weighted by atomic mass is 10.0. The minimum atomic E-state index is -3.56. The molecule has 1 N–H and O–H groups in total. The molecule has 4 rings (SSSR count). The third-order valence-electron chi connectivity index (χ3n) is 5.14. The first kappa shape index (κ1) is 17.1. The molecule has 26 heavy (non-hydrogen) atoms. The second-order valence-corrected chi connectivity index (χ2v) is 8.54. The topological polar surface area (TPSA) is 69.7 Å². The number of benzene rings is 2. The summed E-state index contributed by atoms with van der Waals surface area (Å²) in [6.45, 7) is 1.45. The number of hydrogen-bond donors (Lipinski definition) is 1. The summed E-state index contributed by atoms with van der Waals surface area (Å²) in [6.07, 6.45) is 1.39. The van der Waals surface area contributed by atoms with Gasteiger partial charge in [-0.05, 0) is 47.7 Å². The first-order chi connectivity index (χ1) is 12.5. The van der Waals surface area contributed by atoms with Crippen LogP contribution in [0.2, 0.25) is 0 Å². The molecule has 2 aromatic rings. The van der Waals surface area contributed by atoms with Gasteiger partial charge in [0.05, 0.1) is 4.90 Å². The Morgan fingerprint density at radius 2 is 1.73 bits per heavy atom. The summed E-state index contributed by atoms with van der Waals surface area (Å²) in [4.78, 5) is 13.9. The van der Waals surface area contributed by atoms with Crippen molar-refractivity contribution in [3.63, 3.8) is 0 Å². The quantitative estimate of drug-likeness (QED) is 0.879. The van der Waals surface area contributed by atoms with Crippen LogP contribution in [0.4, 0.5) is 10.5 Å². The zero-order chi connectivity index (χ0) is 18.3. The number of carbonyl (C=O) groups is 1. The van der Waals surface area contributed by atoms with Gasteiger partial charge < -0.3 is 5.32 Å². The van der Waals surface area contributed by atoms with E-state index in [0.29, 0.717) is 31.0 Å². The Balaban J connectivity index is 1.63. The minimum Gasteiger partial charge on any atom is -0.341 e. The molecule has 7 heteroatoms. The van der Waals surface area contributed by atoms with Crippen LogP contribution in [0, 0.1) is 0 Å². The molecule has 0 saturated carbocycles. The SMILES string of the molecule is CNC(=O)N1CCc2cc(S(=O)(=O)N3CCc4ccccc4C3)ccc21. The summed E-state index contributed by atoms with van der Waals surface area (Å²) in [5.74, 6) is 0. The Hall–Kier alpha value is -2.38. The summed E-state index contributed by atoms with van der Waals surface area (Å²) in [6, 6.07) is 12.9. The van der Waals surface area contributed by atoms with Crippen molar-refractivity contribution >= 4 is 21.7 Å². The maximum atomic E-state index is 13.1. The van der Waals surface area contributed by atoms with Crippen LogP contribution in [0.1, 0.15) is 16.7 Å². The van der Waals surface area contributed by atoms with Crippen molar-refractivity contribution < 1.29 is 13.2 Å². The van der Waals surface area contributed by atoms with Gasteiger partial charge in [-0.25, -0.2) is 13.2 Å². The number of fused-ring (bicyclic) bond motifs is 2. The van der Waals surface area contributed by atoms with Crippen molar-refractivity contribution in [2.24, 2.45) is 0 Å². The average molecular weight is 371 g/mol. The molecule has 6 nitrogen and oxygen atoms in total. The first-order valence-corrected chi connectivity index (χ1v) is 10.1. The van der Waals surface area contributed by atoms with Gasteiger partial charge in [0.2, 0.25) is 10.0 Å². The highest BCUT2D eigenvalue weighted by Gasteiger charge is 2.31. The number of urea groups is 1. The van der Waals surface area contributed by atoms with Gasteiger partial charge in [-0.3, -0.25) is 4.90 Å². The number of nitrogens with one attached hydrogen (secondary N) is 1. The molecule has 0 atom stereocenters. The molecule has 0 saturated heterocycles. The van der Waals surface area contributed by atoms with Gasteiger partial charge in [-0.2, -0.15) is 4.31 Å². The number of hydrogen-bond acceptors (Lipinski definition) is 3. The van der Waals surface area contributed by atoms with Gasteiger partial charge in [-0.15, -0.1) is 0 Å². The van der Waals surface area contributed by atoms with E-state index in [1.807, 2.05) is 18.2 Å². The number of nitrogens with zero attached hydrogens (tertiary/aromatic N) is 2. The van der Waals surface area contributed by atoms with Crippen LogP contribution in [-0.4, -0.2) is 38.9 Å². The van der Waals surface area contributed by atoms with Gasteiger partial charge >= 0.3 is 6.03 Å². The van der Waals surface area contributed by atoms with E-state index >= 15 is 0 Å². The number of anilines is 1. The van der Waals surface area contributed by atoms with Crippen LogP contribution in [0.3, 0.4) is 0 Å². The van der Waals surface area contributed by atoms with Crippen molar-refractivity contribution in [1.29, 1.82) is 0 Å².